The highest BCUT2D eigenvalue weighted by atomic mass is 32.1. The molecule has 0 atom stereocenters. The minimum atomic E-state index is 0.737. The fourth-order valence-corrected chi connectivity index (χ4v) is 2.92. The molecule has 1 aromatic rings. The van der Waals surface area contributed by atoms with Crippen molar-refractivity contribution in [3.8, 4) is 5.75 Å². The Hall–Kier alpha value is -1.37. The highest BCUT2D eigenvalue weighted by molar-refractivity contribution is 7.80. The van der Waals surface area contributed by atoms with E-state index in [0.717, 1.165) is 62.4 Å². The molecule has 5 nitrogen and oxygen atoms in total. The number of nitrogens with one attached hydrogen (secondary N) is 2. The van der Waals surface area contributed by atoms with E-state index in [9.17, 15) is 0 Å². The van der Waals surface area contributed by atoms with Gasteiger partial charge in [0, 0.05) is 19.2 Å². The molecule has 1 heterocycles. The van der Waals surface area contributed by atoms with Crippen LogP contribution in [0.4, 0.5) is 0 Å². The third kappa shape index (κ3) is 5.64. The number of rotatable bonds is 6. The molecule has 1 aliphatic rings. The first kappa shape index (κ1) is 18.0. The van der Waals surface area contributed by atoms with Gasteiger partial charge in [0.25, 0.3) is 0 Å². The highest BCUT2D eigenvalue weighted by Crippen LogP contribution is 2.20. The number of nitrogens with zero attached hydrogens (tertiary/aromatic N) is 1. The summed E-state index contributed by atoms with van der Waals surface area (Å²) in [6, 6.07) is 6.22. The number of benzene rings is 1. The number of hydrogen-bond acceptors (Lipinski definition) is 3. The predicted octanol–water partition coefficient (Wildman–Crippen LogP) is 0.225. The van der Waals surface area contributed by atoms with Crippen LogP contribution in [0.15, 0.2) is 18.2 Å². The van der Waals surface area contributed by atoms with E-state index in [1.807, 2.05) is 13.1 Å². The maximum atomic E-state index is 5.50. The van der Waals surface area contributed by atoms with E-state index in [1.54, 1.807) is 12.0 Å². The van der Waals surface area contributed by atoms with Crippen molar-refractivity contribution in [2.24, 2.45) is 0 Å². The lowest BCUT2D eigenvalue weighted by atomic mass is 10.1. The average molecular weight is 338 g/mol. The lowest BCUT2D eigenvalue weighted by Gasteiger charge is -2.26. The molecule has 0 aromatic heterocycles. The van der Waals surface area contributed by atoms with Crippen LogP contribution in [0.2, 0.25) is 0 Å². The molecule has 0 amide bonds. The van der Waals surface area contributed by atoms with Gasteiger partial charge in [0.15, 0.2) is 5.11 Å². The number of quaternary nitrogens is 1. The largest absolute Gasteiger partial charge is 0.496 e. The number of hydrogen-bond donors (Lipinski definition) is 2. The van der Waals surface area contributed by atoms with Crippen LogP contribution in [0.3, 0.4) is 0 Å². The van der Waals surface area contributed by atoms with Gasteiger partial charge in [-0.1, -0.05) is 17.7 Å². The quantitative estimate of drug-likeness (QED) is 0.726. The fourth-order valence-electron chi connectivity index (χ4n) is 2.75. The maximum Gasteiger partial charge on any atom is 0.169 e. The Balaban J connectivity index is 1.79. The Labute approximate surface area is 144 Å². The van der Waals surface area contributed by atoms with Crippen LogP contribution in [0.1, 0.15) is 11.1 Å². The summed E-state index contributed by atoms with van der Waals surface area (Å²) >= 11 is 5.50. The maximum absolute atomic E-state index is 5.50. The molecular formula is C17H28N3O2S+. The van der Waals surface area contributed by atoms with E-state index >= 15 is 0 Å². The highest BCUT2D eigenvalue weighted by Gasteiger charge is 2.14. The standard InChI is InChI=1S/C17H27N3O2S/c1-14-4-5-16(21-3)15(12-14)13-19(2)17(23)18-6-7-20-8-10-22-11-9-20/h4-5,12H,6-11,13H2,1-3H3,(H,18,23)/p+1. The van der Waals surface area contributed by atoms with Gasteiger partial charge in [-0.15, -0.1) is 0 Å². The minimum absolute atomic E-state index is 0.737. The van der Waals surface area contributed by atoms with Crippen LogP contribution in [-0.2, 0) is 11.3 Å². The molecule has 2 rings (SSSR count). The summed E-state index contributed by atoms with van der Waals surface area (Å²) in [6.45, 7) is 8.70. The fraction of sp³-hybridized carbons (Fsp3) is 0.588. The van der Waals surface area contributed by atoms with E-state index in [-0.39, 0.29) is 0 Å². The van der Waals surface area contributed by atoms with Crippen molar-refractivity contribution in [3.63, 3.8) is 0 Å². The van der Waals surface area contributed by atoms with Crippen LogP contribution in [-0.4, -0.2) is 63.6 Å². The Morgan fingerprint density at radius 3 is 2.83 bits per heavy atom. The zero-order valence-corrected chi connectivity index (χ0v) is 15.2. The number of aryl methyl sites for hydroxylation is 1. The van der Waals surface area contributed by atoms with Gasteiger partial charge in [-0.2, -0.15) is 0 Å². The third-order valence-electron chi connectivity index (χ3n) is 4.14. The number of ether oxygens (including phenoxy) is 2. The molecule has 128 valence electrons. The molecule has 1 aromatic carbocycles. The van der Waals surface area contributed by atoms with Crippen LogP contribution in [0.25, 0.3) is 0 Å². The van der Waals surface area contributed by atoms with Crippen LogP contribution in [0, 0.1) is 6.92 Å². The Morgan fingerprint density at radius 1 is 1.39 bits per heavy atom. The van der Waals surface area contributed by atoms with Gasteiger partial charge in [-0.3, -0.25) is 0 Å². The van der Waals surface area contributed by atoms with Crippen molar-refractivity contribution in [1.82, 2.24) is 10.2 Å². The van der Waals surface area contributed by atoms with Gasteiger partial charge in [0.05, 0.1) is 33.4 Å². The molecular weight excluding hydrogens is 310 g/mol. The summed E-state index contributed by atoms with van der Waals surface area (Å²) in [7, 11) is 3.72. The van der Waals surface area contributed by atoms with Gasteiger partial charge >= 0.3 is 0 Å². The van der Waals surface area contributed by atoms with E-state index in [0.29, 0.717) is 0 Å². The van der Waals surface area contributed by atoms with Crippen molar-refractivity contribution in [2.75, 3.05) is 53.6 Å². The SMILES string of the molecule is COc1ccc(C)cc1CN(C)C(=S)NCC[NH+]1CCOCC1. The minimum Gasteiger partial charge on any atom is -0.496 e. The Bertz CT molecular complexity index is 519. The second kappa shape index (κ2) is 9.05. The molecule has 0 aliphatic carbocycles. The number of methoxy groups -OCH3 is 1. The third-order valence-corrected chi connectivity index (χ3v) is 4.60. The Kier molecular flexibility index (Phi) is 7.08. The van der Waals surface area contributed by atoms with E-state index in [2.05, 4.69) is 29.3 Å². The first-order valence-corrected chi connectivity index (χ1v) is 8.54. The van der Waals surface area contributed by atoms with Crippen molar-refractivity contribution < 1.29 is 14.4 Å². The topological polar surface area (TPSA) is 38.2 Å². The monoisotopic (exact) mass is 338 g/mol. The van der Waals surface area contributed by atoms with Crippen molar-refractivity contribution >= 4 is 17.3 Å². The second-order valence-electron chi connectivity index (χ2n) is 6.02. The summed E-state index contributed by atoms with van der Waals surface area (Å²) in [6.07, 6.45) is 0. The number of morpholine rings is 1. The predicted molar refractivity (Wildman–Crippen MR) is 96.2 cm³/mol. The first-order valence-electron chi connectivity index (χ1n) is 8.14. The van der Waals surface area contributed by atoms with E-state index in [1.165, 1.54) is 5.56 Å². The van der Waals surface area contributed by atoms with Gasteiger partial charge in [0.2, 0.25) is 0 Å². The molecule has 23 heavy (non-hydrogen) atoms. The molecule has 0 unspecified atom stereocenters. The summed E-state index contributed by atoms with van der Waals surface area (Å²) in [5.41, 5.74) is 2.38. The molecule has 1 fully saturated rings. The smallest absolute Gasteiger partial charge is 0.169 e. The number of thiocarbonyl (C=S) groups is 1. The van der Waals surface area contributed by atoms with Gasteiger partial charge in [0.1, 0.15) is 18.8 Å². The lowest BCUT2D eigenvalue weighted by molar-refractivity contribution is -0.906. The van der Waals surface area contributed by atoms with Crippen molar-refractivity contribution in [2.45, 2.75) is 13.5 Å². The van der Waals surface area contributed by atoms with Crippen LogP contribution >= 0.6 is 12.2 Å². The van der Waals surface area contributed by atoms with Gasteiger partial charge in [-0.05, 0) is 25.2 Å². The summed E-state index contributed by atoms with van der Waals surface area (Å²) in [5, 5.41) is 4.14. The lowest BCUT2D eigenvalue weighted by Crippen LogP contribution is -3.14. The zero-order valence-electron chi connectivity index (χ0n) is 14.4. The summed E-state index contributed by atoms with van der Waals surface area (Å²) < 4.78 is 10.8. The summed E-state index contributed by atoms with van der Waals surface area (Å²) in [4.78, 5) is 3.64. The van der Waals surface area contributed by atoms with Gasteiger partial charge in [-0.25, -0.2) is 0 Å². The molecule has 0 bridgehead atoms. The molecule has 1 aliphatic heterocycles. The van der Waals surface area contributed by atoms with Crippen LogP contribution in [0.5, 0.6) is 5.75 Å². The van der Waals surface area contributed by atoms with E-state index in [4.69, 9.17) is 21.7 Å². The normalized spacial score (nSPS) is 15.3. The van der Waals surface area contributed by atoms with Crippen molar-refractivity contribution in [3.05, 3.63) is 29.3 Å². The molecule has 6 heteroatoms. The van der Waals surface area contributed by atoms with Gasteiger partial charge < -0.3 is 24.6 Å². The molecule has 0 spiro atoms. The van der Waals surface area contributed by atoms with E-state index < -0.39 is 0 Å². The zero-order chi connectivity index (χ0) is 16.7. The second-order valence-corrected chi connectivity index (χ2v) is 6.40. The Morgan fingerprint density at radius 2 is 2.13 bits per heavy atom. The van der Waals surface area contributed by atoms with Crippen LogP contribution < -0.4 is 15.0 Å². The summed E-state index contributed by atoms with van der Waals surface area (Å²) in [5.74, 6) is 0.906. The first-order chi connectivity index (χ1) is 11.1. The van der Waals surface area contributed by atoms with Crippen molar-refractivity contribution in [1.29, 1.82) is 0 Å². The molecule has 0 radical (unpaired) electrons. The average Bonchev–Trinajstić information content (AvgIpc) is 2.56. The molecule has 1 saturated heterocycles. The molecule has 0 saturated carbocycles. The molecule has 2 N–H and O–H groups in total.